The van der Waals surface area contributed by atoms with Crippen LogP contribution in [0.15, 0.2) is 82.3 Å². The molecule has 1 amide bonds. The number of hydrogen-bond donors (Lipinski definition) is 2. The topological polar surface area (TPSA) is 54.3 Å². The maximum Gasteiger partial charge on any atom is 0.238 e. The summed E-state index contributed by atoms with van der Waals surface area (Å²) in [6, 6.07) is 21.3. The van der Waals surface area contributed by atoms with Crippen LogP contribution in [-0.2, 0) is 4.79 Å². The molecule has 5 heteroatoms. The molecule has 25 heavy (non-hydrogen) atoms. The van der Waals surface area contributed by atoms with Gasteiger partial charge in [0.25, 0.3) is 0 Å². The van der Waals surface area contributed by atoms with Crippen LogP contribution in [0.3, 0.4) is 0 Å². The van der Waals surface area contributed by atoms with Crippen molar-refractivity contribution in [3.05, 3.63) is 84.3 Å². The molecule has 3 rings (SSSR count). The molecule has 1 heterocycles. The third-order valence-electron chi connectivity index (χ3n) is 3.78. The second-order valence-electron chi connectivity index (χ2n) is 5.52. The molecule has 0 radical (unpaired) electrons. The first-order chi connectivity index (χ1) is 12.3. The van der Waals surface area contributed by atoms with E-state index in [0.717, 1.165) is 21.9 Å². The molecule has 2 aromatic carbocycles. The van der Waals surface area contributed by atoms with E-state index in [9.17, 15) is 4.79 Å². The van der Waals surface area contributed by atoms with Gasteiger partial charge in [0.15, 0.2) is 0 Å². The minimum atomic E-state index is -0.167. The van der Waals surface area contributed by atoms with Gasteiger partial charge in [0.2, 0.25) is 5.91 Å². The lowest BCUT2D eigenvalue weighted by Crippen LogP contribution is -2.31. The van der Waals surface area contributed by atoms with E-state index in [-0.39, 0.29) is 18.5 Å². The molecule has 0 unspecified atom stereocenters. The summed E-state index contributed by atoms with van der Waals surface area (Å²) < 4.78 is 5.53. The lowest BCUT2D eigenvalue weighted by atomic mass is 10.0. The summed E-state index contributed by atoms with van der Waals surface area (Å²) >= 11 is 1.64. The third kappa shape index (κ3) is 4.75. The Morgan fingerprint density at radius 1 is 1.08 bits per heavy atom. The van der Waals surface area contributed by atoms with Crippen LogP contribution in [0.4, 0.5) is 5.69 Å². The van der Waals surface area contributed by atoms with Gasteiger partial charge in [-0.05, 0) is 42.2 Å². The fourth-order valence-corrected chi connectivity index (χ4v) is 3.04. The van der Waals surface area contributed by atoms with Crippen molar-refractivity contribution < 1.29 is 9.21 Å². The SMILES string of the molecule is CSc1cccc(NC(=O)CN[C@H](c2ccccc2)c2ccco2)c1. The van der Waals surface area contributed by atoms with E-state index in [1.807, 2.05) is 73.0 Å². The first kappa shape index (κ1) is 17.3. The molecule has 0 aliphatic rings. The number of furan rings is 1. The molecule has 0 fully saturated rings. The molecular weight excluding hydrogens is 332 g/mol. The molecule has 0 aliphatic heterocycles. The Hall–Kier alpha value is -2.50. The largest absolute Gasteiger partial charge is 0.467 e. The molecule has 0 aliphatic carbocycles. The second kappa shape index (κ2) is 8.55. The number of hydrogen-bond acceptors (Lipinski definition) is 4. The van der Waals surface area contributed by atoms with Crippen LogP contribution < -0.4 is 10.6 Å². The van der Waals surface area contributed by atoms with E-state index in [1.54, 1.807) is 18.0 Å². The summed E-state index contributed by atoms with van der Waals surface area (Å²) in [6.07, 6.45) is 3.65. The Kier molecular flexibility index (Phi) is 5.93. The predicted molar refractivity (Wildman–Crippen MR) is 102 cm³/mol. The van der Waals surface area contributed by atoms with E-state index in [1.165, 1.54) is 0 Å². The van der Waals surface area contributed by atoms with Crippen molar-refractivity contribution in [1.29, 1.82) is 0 Å². The average molecular weight is 352 g/mol. The number of carbonyl (C=O) groups is 1. The van der Waals surface area contributed by atoms with Crippen molar-refractivity contribution in [3.63, 3.8) is 0 Å². The quantitative estimate of drug-likeness (QED) is 0.622. The number of amides is 1. The molecule has 128 valence electrons. The summed E-state index contributed by atoms with van der Waals surface area (Å²) in [4.78, 5) is 13.4. The van der Waals surface area contributed by atoms with Crippen molar-refractivity contribution >= 4 is 23.4 Å². The standard InChI is InChI=1S/C20H20N2O2S/c1-25-17-10-5-9-16(13-17)22-19(23)14-21-20(18-11-6-12-24-18)15-7-3-2-4-8-15/h2-13,20-21H,14H2,1H3,(H,22,23)/t20-/m1/s1. The van der Waals surface area contributed by atoms with Gasteiger partial charge in [0.1, 0.15) is 5.76 Å². The molecule has 1 aromatic heterocycles. The van der Waals surface area contributed by atoms with Gasteiger partial charge in [0.05, 0.1) is 18.8 Å². The van der Waals surface area contributed by atoms with E-state index < -0.39 is 0 Å². The number of benzene rings is 2. The minimum absolute atomic E-state index is 0.0919. The number of carbonyl (C=O) groups excluding carboxylic acids is 1. The molecule has 0 spiro atoms. The fraction of sp³-hybridized carbons (Fsp3) is 0.150. The second-order valence-corrected chi connectivity index (χ2v) is 6.40. The van der Waals surface area contributed by atoms with Crippen LogP contribution in [0.5, 0.6) is 0 Å². The first-order valence-electron chi connectivity index (χ1n) is 8.02. The first-order valence-corrected chi connectivity index (χ1v) is 9.24. The zero-order valence-corrected chi connectivity index (χ0v) is 14.8. The Labute approximate surface area is 151 Å². The maximum atomic E-state index is 12.3. The molecule has 1 atom stereocenters. The summed E-state index contributed by atoms with van der Waals surface area (Å²) in [6.45, 7) is 0.184. The van der Waals surface area contributed by atoms with Crippen molar-refractivity contribution in [2.75, 3.05) is 18.1 Å². The lowest BCUT2D eigenvalue weighted by Gasteiger charge is -2.17. The van der Waals surface area contributed by atoms with Crippen LogP contribution in [-0.4, -0.2) is 18.7 Å². The number of thioether (sulfide) groups is 1. The third-order valence-corrected chi connectivity index (χ3v) is 4.51. The van der Waals surface area contributed by atoms with Crippen molar-refractivity contribution in [1.82, 2.24) is 5.32 Å². The average Bonchev–Trinajstić information content (AvgIpc) is 3.17. The molecule has 4 nitrogen and oxygen atoms in total. The molecule has 3 aromatic rings. The normalized spacial score (nSPS) is 11.9. The number of anilines is 1. The Balaban J connectivity index is 1.66. The summed E-state index contributed by atoms with van der Waals surface area (Å²) in [5.41, 5.74) is 1.85. The Bertz CT molecular complexity index is 804. The lowest BCUT2D eigenvalue weighted by molar-refractivity contribution is -0.115. The summed E-state index contributed by atoms with van der Waals surface area (Å²) in [5.74, 6) is 0.689. The van der Waals surface area contributed by atoms with Gasteiger partial charge in [0, 0.05) is 10.6 Å². The van der Waals surface area contributed by atoms with E-state index in [0.29, 0.717) is 0 Å². The van der Waals surface area contributed by atoms with Gasteiger partial charge in [-0.3, -0.25) is 10.1 Å². The van der Waals surface area contributed by atoms with Crippen LogP contribution >= 0.6 is 11.8 Å². The predicted octanol–water partition coefficient (Wildman–Crippen LogP) is 4.32. The van der Waals surface area contributed by atoms with Crippen LogP contribution in [0.1, 0.15) is 17.4 Å². The van der Waals surface area contributed by atoms with Gasteiger partial charge in [-0.1, -0.05) is 36.4 Å². The molecule has 0 bridgehead atoms. The number of nitrogens with one attached hydrogen (secondary N) is 2. The van der Waals surface area contributed by atoms with Gasteiger partial charge in [-0.15, -0.1) is 11.8 Å². The molecule has 2 N–H and O–H groups in total. The fourth-order valence-electron chi connectivity index (χ4n) is 2.58. The zero-order chi connectivity index (χ0) is 17.5. The van der Waals surface area contributed by atoms with E-state index >= 15 is 0 Å². The van der Waals surface area contributed by atoms with Gasteiger partial charge in [-0.2, -0.15) is 0 Å². The van der Waals surface area contributed by atoms with Gasteiger partial charge >= 0.3 is 0 Å². The zero-order valence-electron chi connectivity index (χ0n) is 13.9. The smallest absolute Gasteiger partial charge is 0.238 e. The monoisotopic (exact) mass is 352 g/mol. The molecular formula is C20H20N2O2S. The Morgan fingerprint density at radius 2 is 1.92 bits per heavy atom. The highest BCUT2D eigenvalue weighted by Gasteiger charge is 2.17. The molecule has 0 saturated heterocycles. The highest BCUT2D eigenvalue weighted by Crippen LogP contribution is 2.22. The summed E-state index contributed by atoms with van der Waals surface area (Å²) in [5, 5.41) is 6.20. The number of rotatable bonds is 7. The van der Waals surface area contributed by atoms with Crippen molar-refractivity contribution in [2.24, 2.45) is 0 Å². The molecule has 0 saturated carbocycles. The summed E-state index contributed by atoms with van der Waals surface area (Å²) in [7, 11) is 0. The van der Waals surface area contributed by atoms with Crippen molar-refractivity contribution in [2.45, 2.75) is 10.9 Å². The van der Waals surface area contributed by atoms with E-state index in [2.05, 4.69) is 10.6 Å². The van der Waals surface area contributed by atoms with Crippen LogP contribution in [0.2, 0.25) is 0 Å². The highest BCUT2D eigenvalue weighted by molar-refractivity contribution is 7.98. The van der Waals surface area contributed by atoms with Crippen LogP contribution in [0.25, 0.3) is 0 Å². The van der Waals surface area contributed by atoms with E-state index in [4.69, 9.17) is 4.42 Å². The maximum absolute atomic E-state index is 12.3. The highest BCUT2D eigenvalue weighted by atomic mass is 32.2. The van der Waals surface area contributed by atoms with Crippen LogP contribution in [0, 0.1) is 0 Å². The van der Waals surface area contributed by atoms with Crippen molar-refractivity contribution in [3.8, 4) is 0 Å². The van der Waals surface area contributed by atoms with Gasteiger partial charge in [-0.25, -0.2) is 0 Å². The van der Waals surface area contributed by atoms with Gasteiger partial charge < -0.3 is 9.73 Å². The Morgan fingerprint density at radius 3 is 2.64 bits per heavy atom. The minimum Gasteiger partial charge on any atom is -0.467 e.